The van der Waals surface area contributed by atoms with Crippen molar-refractivity contribution in [3.05, 3.63) is 0 Å². The molecule has 1 aliphatic rings. The summed E-state index contributed by atoms with van der Waals surface area (Å²) in [5.41, 5.74) is 0.863. The first-order valence-corrected chi connectivity index (χ1v) is 7.82. The first-order valence-electron chi connectivity index (χ1n) is 6.66. The summed E-state index contributed by atoms with van der Waals surface area (Å²) < 4.78 is 0. The van der Waals surface area contributed by atoms with E-state index in [0.29, 0.717) is 16.9 Å². The average Bonchev–Trinajstić information content (AvgIpc) is 2.11. The molecule has 1 fully saturated rings. The first kappa shape index (κ1) is 15.3. The third-order valence-electron chi connectivity index (χ3n) is 3.22. The van der Waals surface area contributed by atoms with Crippen LogP contribution in [0, 0.1) is 10.8 Å². The quantitative estimate of drug-likeness (QED) is 0.816. The second kappa shape index (κ2) is 5.94. The zero-order valence-corrected chi connectivity index (χ0v) is 13.3. The van der Waals surface area contributed by atoms with Crippen LogP contribution in [-0.4, -0.2) is 49.6 Å². The van der Waals surface area contributed by atoms with E-state index in [0.717, 1.165) is 13.1 Å². The third kappa shape index (κ3) is 6.12. The second-order valence-electron chi connectivity index (χ2n) is 7.36. The monoisotopic (exact) mass is 258 g/mol. The average molecular weight is 258 g/mol. The van der Waals surface area contributed by atoms with Gasteiger partial charge in [0, 0.05) is 24.9 Å². The Balaban J connectivity index is 2.35. The molecule has 3 heteroatoms. The van der Waals surface area contributed by atoms with Crippen LogP contribution in [0.2, 0.25) is 0 Å². The minimum atomic E-state index is 0.357. The summed E-state index contributed by atoms with van der Waals surface area (Å²) >= 11 is 2.10. The lowest BCUT2D eigenvalue weighted by atomic mass is 9.86. The van der Waals surface area contributed by atoms with Crippen LogP contribution in [-0.2, 0) is 0 Å². The van der Waals surface area contributed by atoms with Gasteiger partial charge in [0.25, 0.3) is 0 Å². The number of thioether (sulfide) groups is 1. The SMILES string of the molecule is CN(C)CC(C)(C)CNC1CSCC(C)(C)C1. The number of rotatable bonds is 5. The predicted octanol–water partition coefficient (Wildman–Crippen LogP) is 2.70. The molecule has 17 heavy (non-hydrogen) atoms. The van der Waals surface area contributed by atoms with E-state index in [1.165, 1.54) is 17.9 Å². The van der Waals surface area contributed by atoms with Crippen LogP contribution in [0.1, 0.15) is 34.1 Å². The van der Waals surface area contributed by atoms with Crippen LogP contribution in [0.25, 0.3) is 0 Å². The van der Waals surface area contributed by atoms with E-state index in [1.54, 1.807) is 0 Å². The highest BCUT2D eigenvalue weighted by atomic mass is 32.2. The molecule has 0 amide bonds. The lowest BCUT2D eigenvalue weighted by Gasteiger charge is -2.37. The van der Waals surface area contributed by atoms with Crippen molar-refractivity contribution in [3.63, 3.8) is 0 Å². The summed E-state index contributed by atoms with van der Waals surface area (Å²) in [6, 6.07) is 0.699. The van der Waals surface area contributed by atoms with E-state index in [4.69, 9.17) is 0 Å². The van der Waals surface area contributed by atoms with Crippen molar-refractivity contribution in [2.45, 2.75) is 40.2 Å². The molecule has 0 spiro atoms. The molecule has 1 atom stereocenters. The van der Waals surface area contributed by atoms with Gasteiger partial charge in [-0.25, -0.2) is 0 Å². The standard InChI is InChI=1S/C14H30N2S/c1-13(2)7-12(8-17-11-13)15-9-14(3,4)10-16(5)6/h12,15H,7-11H2,1-6H3. The molecular formula is C14H30N2S. The topological polar surface area (TPSA) is 15.3 Å². The lowest BCUT2D eigenvalue weighted by molar-refractivity contribution is 0.216. The lowest BCUT2D eigenvalue weighted by Crippen LogP contribution is -2.46. The maximum absolute atomic E-state index is 3.78. The molecule has 1 aliphatic heterocycles. The van der Waals surface area contributed by atoms with Crippen LogP contribution in [0.5, 0.6) is 0 Å². The molecule has 0 bridgehead atoms. The van der Waals surface area contributed by atoms with Crippen molar-refractivity contribution in [2.24, 2.45) is 10.8 Å². The van der Waals surface area contributed by atoms with Gasteiger partial charge in [-0.05, 0) is 37.1 Å². The molecule has 0 aromatic heterocycles. The molecule has 2 nitrogen and oxygen atoms in total. The largest absolute Gasteiger partial charge is 0.313 e. The fourth-order valence-corrected chi connectivity index (χ4v) is 4.03. The molecular weight excluding hydrogens is 228 g/mol. The van der Waals surface area contributed by atoms with Gasteiger partial charge in [0.15, 0.2) is 0 Å². The van der Waals surface area contributed by atoms with Gasteiger partial charge in [-0.1, -0.05) is 27.7 Å². The van der Waals surface area contributed by atoms with Crippen molar-refractivity contribution in [3.8, 4) is 0 Å². The van der Waals surface area contributed by atoms with Crippen molar-refractivity contribution < 1.29 is 0 Å². The maximum Gasteiger partial charge on any atom is 0.0163 e. The third-order valence-corrected chi connectivity index (χ3v) is 4.85. The fraction of sp³-hybridized carbons (Fsp3) is 1.00. The summed E-state index contributed by atoms with van der Waals surface area (Å²) in [7, 11) is 4.31. The van der Waals surface area contributed by atoms with Crippen LogP contribution in [0.4, 0.5) is 0 Å². The number of hydrogen-bond acceptors (Lipinski definition) is 3. The summed E-state index contributed by atoms with van der Waals surface area (Å²) in [6.07, 6.45) is 1.32. The van der Waals surface area contributed by atoms with Crippen molar-refractivity contribution >= 4 is 11.8 Å². The van der Waals surface area contributed by atoms with Crippen molar-refractivity contribution in [1.82, 2.24) is 10.2 Å². The number of nitrogens with one attached hydrogen (secondary N) is 1. The fourth-order valence-electron chi connectivity index (χ4n) is 2.73. The van der Waals surface area contributed by atoms with Gasteiger partial charge >= 0.3 is 0 Å². The zero-order chi connectivity index (χ0) is 13.1. The number of nitrogens with zero attached hydrogens (tertiary/aromatic N) is 1. The Labute approximate surface area is 112 Å². The molecule has 1 unspecified atom stereocenters. The Morgan fingerprint density at radius 1 is 1.35 bits per heavy atom. The molecule has 1 heterocycles. The van der Waals surface area contributed by atoms with Crippen molar-refractivity contribution in [2.75, 3.05) is 38.7 Å². The highest BCUT2D eigenvalue weighted by molar-refractivity contribution is 7.99. The minimum Gasteiger partial charge on any atom is -0.313 e. The summed E-state index contributed by atoms with van der Waals surface area (Å²) in [5, 5.41) is 3.78. The molecule has 1 N–H and O–H groups in total. The van der Waals surface area contributed by atoms with Gasteiger partial charge in [0.05, 0.1) is 0 Å². The van der Waals surface area contributed by atoms with E-state index in [2.05, 4.69) is 63.8 Å². The van der Waals surface area contributed by atoms with E-state index in [-0.39, 0.29) is 0 Å². The number of hydrogen-bond donors (Lipinski definition) is 1. The van der Waals surface area contributed by atoms with Gasteiger partial charge in [0.2, 0.25) is 0 Å². The zero-order valence-electron chi connectivity index (χ0n) is 12.5. The Morgan fingerprint density at radius 3 is 2.53 bits per heavy atom. The van der Waals surface area contributed by atoms with Crippen molar-refractivity contribution in [1.29, 1.82) is 0 Å². The summed E-state index contributed by atoms with van der Waals surface area (Å²) in [4.78, 5) is 2.28. The minimum absolute atomic E-state index is 0.357. The highest BCUT2D eigenvalue weighted by Gasteiger charge is 2.29. The first-order chi connectivity index (χ1) is 7.70. The Bertz CT molecular complexity index is 236. The van der Waals surface area contributed by atoms with E-state index in [1.807, 2.05) is 0 Å². The Morgan fingerprint density at radius 2 is 2.00 bits per heavy atom. The molecule has 0 aliphatic carbocycles. The molecule has 0 aromatic carbocycles. The summed E-state index contributed by atoms with van der Waals surface area (Å²) in [5.74, 6) is 2.59. The Kier molecular flexibility index (Phi) is 5.36. The van der Waals surface area contributed by atoms with E-state index >= 15 is 0 Å². The smallest absolute Gasteiger partial charge is 0.0163 e. The van der Waals surface area contributed by atoms with Crippen LogP contribution < -0.4 is 5.32 Å². The van der Waals surface area contributed by atoms with Gasteiger partial charge in [-0.2, -0.15) is 11.8 Å². The van der Waals surface area contributed by atoms with E-state index in [9.17, 15) is 0 Å². The van der Waals surface area contributed by atoms with Gasteiger partial charge in [0.1, 0.15) is 0 Å². The normalized spacial score (nSPS) is 25.2. The molecule has 0 saturated carbocycles. The van der Waals surface area contributed by atoms with Crippen LogP contribution in [0.3, 0.4) is 0 Å². The highest BCUT2D eigenvalue weighted by Crippen LogP contribution is 2.33. The van der Waals surface area contributed by atoms with Gasteiger partial charge in [-0.15, -0.1) is 0 Å². The molecule has 0 radical (unpaired) electrons. The van der Waals surface area contributed by atoms with Crippen LogP contribution >= 0.6 is 11.8 Å². The molecule has 1 rings (SSSR count). The molecule has 1 saturated heterocycles. The second-order valence-corrected chi connectivity index (χ2v) is 8.39. The molecule has 0 aromatic rings. The van der Waals surface area contributed by atoms with Gasteiger partial charge in [-0.3, -0.25) is 0 Å². The maximum atomic E-state index is 3.78. The summed E-state index contributed by atoms with van der Waals surface area (Å²) in [6.45, 7) is 11.7. The predicted molar refractivity (Wildman–Crippen MR) is 79.8 cm³/mol. The van der Waals surface area contributed by atoms with Crippen LogP contribution in [0.15, 0.2) is 0 Å². The Hall–Kier alpha value is 0.270. The van der Waals surface area contributed by atoms with Gasteiger partial charge < -0.3 is 10.2 Å². The van der Waals surface area contributed by atoms with E-state index < -0.39 is 0 Å². The molecule has 102 valence electrons.